The first-order valence-electron chi connectivity index (χ1n) is 3.74. The van der Waals surface area contributed by atoms with Crippen molar-refractivity contribution in [1.29, 1.82) is 0 Å². The van der Waals surface area contributed by atoms with Gasteiger partial charge in [0.25, 0.3) is 0 Å². The van der Waals surface area contributed by atoms with E-state index in [0.29, 0.717) is 17.3 Å². The molecule has 0 fully saturated rings. The standard InChI is InChI=1S/C8H8N2OS/c1-12-8-9-4-5-2-3-6(11)7(5)10-8/h4H,2-3H2,1H3. The van der Waals surface area contributed by atoms with Gasteiger partial charge in [0.2, 0.25) is 0 Å². The zero-order valence-corrected chi connectivity index (χ0v) is 7.52. The van der Waals surface area contributed by atoms with Gasteiger partial charge in [-0.2, -0.15) is 0 Å². The number of rotatable bonds is 1. The molecule has 1 aromatic heterocycles. The Morgan fingerprint density at radius 2 is 2.33 bits per heavy atom. The van der Waals surface area contributed by atoms with Gasteiger partial charge >= 0.3 is 0 Å². The number of fused-ring (bicyclic) bond motifs is 1. The van der Waals surface area contributed by atoms with Crippen LogP contribution in [0.4, 0.5) is 0 Å². The Morgan fingerprint density at radius 3 is 3.08 bits per heavy atom. The van der Waals surface area contributed by atoms with Crippen LogP contribution in [0.25, 0.3) is 0 Å². The van der Waals surface area contributed by atoms with Crippen molar-refractivity contribution in [2.24, 2.45) is 0 Å². The van der Waals surface area contributed by atoms with Crippen LogP contribution in [0.1, 0.15) is 22.5 Å². The molecule has 12 heavy (non-hydrogen) atoms. The summed E-state index contributed by atoms with van der Waals surface area (Å²) in [4.78, 5) is 19.5. The van der Waals surface area contributed by atoms with E-state index in [9.17, 15) is 4.79 Å². The highest BCUT2D eigenvalue weighted by Crippen LogP contribution is 2.20. The van der Waals surface area contributed by atoms with Gasteiger partial charge in [-0.3, -0.25) is 4.79 Å². The molecule has 0 spiro atoms. The third-order valence-corrected chi connectivity index (χ3v) is 2.47. The van der Waals surface area contributed by atoms with Gasteiger partial charge in [-0.25, -0.2) is 9.97 Å². The van der Waals surface area contributed by atoms with Crippen molar-refractivity contribution >= 4 is 17.5 Å². The molecule has 0 amide bonds. The molecule has 62 valence electrons. The Bertz CT molecular complexity index is 338. The molecular formula is C8H8N2OS. The SMILES string of the molecule is CSc1ncc2c(n1)C(=O)CC2. The third-order valence-electron chi connectivity index (χ3n) is 1.91. The Kier molecular flexibility index (Phi) is 1.84. The molecule has 0 radical (unpaired) electrons. The zero-order valence-electron chi connectivity index (χ0n) is 6.70. The maximum absolute atomic E-state index is 11.2. The largest absolute Gasteiger partial charge is 0.292 e. The van der Waals surface area contributed by atoms with Crippen molar-refractivity contribution in [3.8, 4) is 0 Å². The fraction of sp³-hybridized carbons (Fsp3) is 0.375. The van der Waals surface area contributed by atoms with Crippen LogP contribution in [0.15, 0.2) is 11.4 Å². The minimum absolute atomic E-state index is 0.155. The van der Waals surface area contributed by atoms with Gasteiger partial charge < -0.3 is 0 Å². The Hall–Kier alpha value is -0.900. The van der Waals surface area contributed by atoms with E-state index in [4.69, 9.17) is 0 Å². The van der Waals surface area contributed by atoms with E-state index >= 15 is 0 Å². The molecule has 0 saturated heterocycles. The summed E-state index contributed by atoms with van der Waals surface area (Å²) in [5, 5.41) is 0.684. The number of hydrogen-bond donors (Lipinski definition) is 0. The summed E-state index contributed by atoms with van der Waals surface area (Å²) in [5.41, 5.74) is 1.63. The molecule has 1 aliphatic rings. The smallest absolute Gasteiger partial charge is 0.187 e. The summed E-state index contributed by atoms with van der Waals surface area (Å²) in [7, 11) is 0. The van der Waals surface area contributed by atoms with Crippen molar-refractivity contribution in [3.63, 3.8) is 0 Å². The normalized spacial score (nSPS) is 14.9. The number of ketones is 1. The van der Waals surface area contributed by atoms with Crippen molar-refractivity contribution in [3.05, 3.63) is 17.5 Å². The number of aromatic nitrogens is 2. The van der Waals surface area contributed by atoms with E-state index < -0.39 is 0 Å². The van der Waals surface area contributed by atoms with Crippen LogP contribution in [0, 0.1) is 0 Å². The van der Waals surface area contributed by atoms with Gasteiger partial charge in [0, 0.05) is 18.2 Å². The molecule has 2 rings (SSSR count). The van der Waals surface area contributed by atoms with Gasteiger partial charge in [-0.05, 0) is 12.7 Å². The Labute approximate surface area is 74.6 Å². The van der Waals surface area contributed by atoms with Crippen LogP contribution in [0.5, 0.6) is 0 Å². The first-order valence-corrected chi connectivity index (χ1v) is 4.97. The molecule has 0 atom stereocenters. The van der Waals surface area contributed by atoms with E-state index in [2.05, 4.69) is 9.97 Å². The summed E-state index contributed by atoms with van der Waals surface area (Å²) in [5.74, 6) is 0.155. The van der Waals surface area contributed by atoms with Crippen LogP contribution in [0.2, 0.25) is 0 Å². The molecule has 0 unspecified atom stereocenters. The molecule has 4 heteroatoms. The van der Waals surface area contributed by atoms with Gasteiger partial charge in [-0.1, -0.05) is 11.8 Å². The molecular weight excluding hydrogens is 172 g/mol. The second-order valence-electron chi connectivity index (χ2n) is 2.65. The highest BCUT2D eigenvalue weighted by Gasteiger charge is 2.21. The lowest BCUT2D eigenvalue weighted by Gasteiger charge is -1.97. The Morgan fingerprint density at radius 1 is 1.50 bits per heavy atom. The van der Waals surface area contributed by atoms with Crippen molar-refractivity contribution in [2.75, 3.05) is 6.26 Å². The minimum atomic E-state index is 0.155. The number of carbonyl (C=O) groups excluding carboxylic acids is 1. The maximum Gasteiger partial charge on any atom is 0.187 e. The van der Waals surface area contributed by atoms with Gasteiger partial charge in [0.05, 0.1) is 0 Å². The average Bonchev–Trinajstić information content (AvgIpc) is 2.47. The second-order valence-corrected chi connectivity index (χ2v) is 3.43. The number of thioether (sulfide) groups is 1. The lowest BCUT2D eigenvalue weighted by atomic mass is 10.3. The lowest BCUT2D eigenvalue weighted by molar-refractivity contribution is 0.0989. The molecule has 0 saturated carbocycles. The summed E-state index contributed by atoms with van der Waals surface area (Å²) >= 11 is 1.46. The molecule has 0 aliphatic heterocycles. The summed E-state index contributed by atoms with van der Waals surface area (Å²) in [6.07, 6.45) is 5.07. The first-order chi connectivity index (χ1) is 5.81. The maximum atomic E-state index is 11.2. The van der Waals surface area contributed by atoms with Gasteiger partial charge in [0.1, 0.15) is 5.69 Å². The molecule has 1 heterocycles. The molecule has 3 nitrogen and oxygen atoms in total. The predicted molar refractivity (Wildman–Crippen MR) is 46.5 cm³/mol. The van der Waals surface area contributed by atoms with E-state index in [-0.39, 0.29) is 5.78 Å². The molecule has 0 N–H and O–H groups in total. The molecule has 1 aromatic rings. The number of nitrogens with zero attached hydrogens (tertiary/aromatic N) is 2. The topological polar surface area (TPSA) is 42.9 Å². The number of hydrogen-bond acceptors (Lipinski definition) is 4. The minimum Gasteiger partial charge on any atom is -0.292 e. The quantitative estimate of drug-likeness (QED) is 0.483. The average molecular weight is 180 g/mol. The fourth-order valence-corrected chi connectivity index (χ4v) is 1.62. The van der Waals surface area contributed by atoms with Gasteiger partial charge in [0.15, 0.2) is 10.9 Å². The van der Waals surface area contributed by atoms with Gasteiger partial charge in [-0.15, -0.1) is 0 Å². The summed E-state index contributed by atoms with van der Waals surface area (Å²) in [6.45, 7) is 0. The van der Waals surface area contributed by atoms with Crippen LogP contribution < -0.4 is 0 Å². The Balaban J connectivity index is 2.50. The highest BCUT2D eigenvalue weighted by molar-refractivity contribution is 7.98. The monoisotopic (exact) mass is 180 g/mol. The highest BCUT2D eigenvalue weighted by atomic mass is 32.2. The van der Waals surface area contributed by atoms with Crippen LogP contribution in [-0.2, 0) is 6.42 Å². The number of aryl methyl sites for hydroxylation is 1. The summed E-state index contributed by atoms with van der Waals surface area (Å²) < 4.78 is 0. The predicted octanol–water partition coefficient (Wildman–Crippen LogP) is 1.33. The molecule has 0 bridgehead atoms. The zero-order chi connectivity index (χ0) is 8.55. The summed E-state index contributed by atoms with van der Waals surface area (Å²) in [6, 6.07) is 0. The first kappa shape index (κ1) is 7.73. The lowest BCUT2D eigenvalue weighted by Crippen LogP contribution is -1.98. The molecule has 1 aliphatic carbocycles. The van der Waals surface area contributed by atoms with Crippen LogP contribution >= 0.6 is 11.8 Å². The third kappa shape index (κ3) is 1.12. The van der Waals surface area contributed by atoms with E-state index in [1.54, 1.807) is 6.20 Å². The number of carbonyl (C=O) groups is 1. The molecule has 0 aromatic carbocycles. The van der Waals surface area contributed by atoms with Crippen molar-refractivity contribution in [2.45, 2.75) is 18.0 Å². The van der Waals surface area contributed by atoms with E-state index in [1.165, 1.54) is 11.8 Å². The second kappa shape index (κ2) is 2.86. The fourth-order valence-electron chi connectivity index (χ4n) is 1.28. The van der Waals surface area contributed by atoms with Crippen LogP contribution in [-0.4, -0.2) is 22.0 Å². The van der Waals surface area contributed by atoms with Crippen molar-refractivity contribution in [1.82, 2.24) is 9.97 Å². The number of Topliss-reactive ketones (excluding diaryl/α,β-unsaturated/α-hetero) is 1. The van der Waals surface area contributed by atoms with E-state index in [0.717, 1.165) is 12.0 Å². The van der Waals surface area contributed by atoms with E-state index in [1.807, 2.05) is 6.26 Å². The van der Waals surface area contributed by atoms with Crippen molar-refractivity contribution < 1.29 is 4.79 Å². The van der Waals surface area contributed by atoms with Crippen LogP contribution in [0.3, 0.4) is 0 Å².